The van der Waals surface area contributed by atoms with Gasteiger partial charge in [0.1, 0.15) is 11.6 Å². The van der Waals surface area contributed by atoms with E-state index in [1.54, 1.807) is 18.2 Å². The van der Waals surface area contributed by atoms with Crippen LogP contribution >= 0.6 is 0 Å². The van der Waals surface area contributed by atoms with E-state index in [0.29, 0.717) is 12.0 Å². The lowest BCUT2D eigenvalue weighted by Crippen LogP contribution is -2.18. The Morgan fingerprint density at radius 2 is 1.76 bits per heavy atom. The molecule has 0 spiro atoms. The molecule has 4 rings (SSSR count). The van der Waals surface area contributed by atoms with Crippen molar-refractivity contribution in [3.05, 3.63) is 94.3 Å². The number of alkyl halides is 3. The Labute approximate surface area is 185 Å². The van der Waals surface area contributed by atoms with Gasteiger partial charge in [-0.25, -0.2) is 8.78 Å². The summed E-state index contributed by atoms with van der Waals surface area (Å²) in [6.45, 7) is 0. The number of hydrogen-bond acceptors (Lipinski definition) is 4. The first-order chi connectivity index (χ1) is 15.6. The number of ketones is 2. The van der Waals surface area contributed by atoms with Gasteiger partial charge in [0.2, 0.25) is 0 Å². The second kappa shape index (κ2) is 8.73. The molecule has 0 unspecified atom stereocenters. The van der Waals surface area contributed by atoms with Crippen LogP contribution in [0.1, 0.15) is 45.1 Å². The second-order valence-corrected chi connectivity index (χ2v) is 7.66. The highest BCUT2D eigenvalue weighted by atomic mass is 19.4. The van der Waals surface area contributed by atoms with Gasteiger partial charge >= 0.3 is 6.36 Å². The lowest BCUT2D eigenvalue weighted by Gasteiger charge is -2.18. The summed E-state index contributed by atoms with van der Waals surface area (Å²) >= 11 is 0. The summed E-state index contributed by atoms with van der Waals surface area (Å²) < 4.78 is 69.9. The SMILES string of the molecule is O=C1Cc2ccc(C(=O)C[C@@H](c3ccc(OC(F)(F)F)c(F)c3)c3ncccc3F)cc2C1. The highest BCUT2D eigenvalue weighted by Gasteiger charge is 2.33. The van der Waals surface area contributed by atoms with Gasteiger partial charge in [-0.05, 0) is 47.0 Å². The molecular formula is C24H16F5NO3. The number of carbonyl (C=O) groups is 2. The summed E-state index contributed by atoms with van der Waals surface area (Å²) in [4.78, 5) is 28.7. The van der Waals surface area contributed by atoms with E-state index in [-0.39, 0.29) is 29.9 Å². The van der Waals surface area contributed by atoms with Crippen molar-refractivity contribution in [3.63, 3.8) is 0 Å². The lowest BCUT2D eigenvalue weighted by atomic mass is 9.87. The van der Waals surface area contributed by atoms with E-state index in [1.807, 2.05) is 0 Å². The van der Waals surface area contributed by atoms with Crippen LogP contribution in [0, 0.1) is 11.6 Å². The molecule has 1 aliphatic rings. The molecular weight excluding hydrogens is 445 g/mol. The predicted molar refractivity (Wildman–Crippen MR) is 107 cm³/mol. The molecule has 0 N–H and O–H groups in total. The van der Waals surface area contributed by atoms with Crippen LogP contribution in [0.15, 0.2) is 54.7 Å². The Morgan fingerprint density at radius 1 is 1.00 bits per heavy atom. The van der Waals surface area contributed by atoms with E-state index in [2.05, 4.69) is 9.72 Å². The minimum absolute atomic E-state index is 0.0414. The zero-order chi connectivity index (χ0) is 23.8. The van der Waals surface area contributed by atoms with Gasteiger partial charge in [-0.15, -0.1) is 13.2 Å². The van der Waals surface area contributed by atoms with Crippen molar-refractivity contribution < 1.29 is 36.3 Å². The quantitative estimate of drug-likeness (QED) is 0.368. The molecule has 0 saturated heterocycles. The Kier molecular flexibility index (Phi) is 5.97. The average Bonchev–Trinajstić information content (AvgIpc) is 3.12. The van der Waals surface area contributed by atoms with E-state index < -0.39 is 35.4 Å². The monoisotopic (exact) mass is 461 g/mol. The molecule has 0 fully saturated rings. The number of pyridine rings is 1. The molecule has 1 heterocycles. The fraction of sp³-hybridized carbons (Fsp3) is 0.208. The molecule has 0 radical (unpaired) electrons. The number of Topliss-reactive ketones (excluding diaryl/α,β-unsaturated/α-hetero) is 2. The third-order valence-corrected chi connectivity index (χ3v) is 5.39. The molecule has 33 heavy (non-hydrogen) atoms. The van der Waals surface area contributed by atoms with Gasteiger partial charge < -0.3 is 4.74 Å². The average molecular weight is 461 g/mol. The highest BCUT2D eigenvalue weighted by Crippen LogP contribution is 2.34. The lowest BCUT2D eigenvalue weighted by molar-refractivity contribution is -0.275. The number of ether oxygens (including phenoxy) is 1. The summed E-state index contributed by atoms with van der Waals surface area (Å²) in [6, 6.07) is 10.0. The number of halogens is 5. The molecule has 2 aromatic carbocycles. The van der Waals surface area contributed by atoms with Gasteiger partial charge in [-0.2, -0.15) is 0 Å². The second-order valence-electron chi connectivity index (χ2n) is 7.66. The Balaban J connectivity index is 1.68. The Bertz CT molecular complexity index is 1240. The van der Waals surface area contributed by atoms with Crippen molar-refractivity contribution in [1.29, 1.82) is 0 Å². The molecule has 3 aromatic rings. The van der Waals surface area contributed by atoms with Crippen LogP contribution in [0.5, 0.6) is 5.75 Å². The molecule has 9 heteroatoms. The Morgan fingerprint density at radius 3 is 2.45 bits per heavy atom. The van der Waals surface area contributed by atoms with Crippen LogP contribution in [-0.2, 0) is 17.6 Å². The third-order valence-electron chi connectivity index (χ3n) is 5.39. The maximum absolute atomic E-state index is 14.5. The highest BCUT2D eigenvalue weighted by molar-refractivity contribution is 5.98. The zero-order valence-corrected chi connectivity index (χ0v) is 17.0. The van der Waals surface area contributed by atoms with Crippen LogP contribution < -0.4 is 4.74 Å². The molecule has 0 saturated carbocycles. The third kappa shape index (κ3) is 5.08. The van der Waals surface area contributed by atoms with Gasteiger partial charge in [0.05, 0.1) is 5.69 Å². The van der Waals surface area contributed by atoms with Crippen LogP contribution in [0.2, 0.25) is 0 Å². The molecule has 4 nitrogen and oxygen atoms in total. The van der Waals surface area contributed by atoms with Gasteiger partial charge in [-0.1, -0.05) is 18.2 Å². The van der Waals surface area contributed by atoms with E-state index in [0.717, 1.165) is 35.4 Å². The number of aromatic nitrogens is 1. The largest absolute Gasteiger partial charge is 0.573 e. The predicted octanol–water partition coefficient (Wildman–Crippen LogP) is 5.33. The maximum Gasteiger partial charge on any atom is 0.573 e. The van der Waals surface area contributed by atoms with Crippen molar-refractivity contribution in [3.8, 4) is 5.75 Å². The van der Waals surface area contributed by atoms with Gasteiger partial charge in [0, 0.05) is 36.9 Å². The fourth-order valence-corrected chi connectivity index (χ4v) is 3.89. The van der Waals surface area contributed by atoms with Crippen molar-refractivity contribution in [1.82, 2.24) is 4.98 Å². The fourth-order valence-electron chi connectivity index (χ4n) is 3.89. The van der Waals surface area contributed by atoms with Gasteiger partial charge in [0.25, 0.3) is 0 Å². The normalized spacial score (nSPS) is 14.2. The van der Waals surface area contributed by atoms with E-state index >= 15 is 0 Å². The van der Waals surface area contributed by atoms with Crippen molar-refractivity contribution >= 4 is 11.6 Å². The van der Waals surface area contributed by atoms with Crippen LogP contribution in [-0.4, -0.2) is 22.9 Å². The van der Waals surface area contributed by atoms with Crippen LogP contribution in [0.4, 0.5) is 22.0 Å². The number of nitrogens with zero attached hydrogens (tertiary/aromatic N) is 1. The number of rotatable bonds is 6. The zero-order valence-electron chi connectivity index (χ0n) is 17.0. The molecule has 0 amide bonds. The van der Waals surface area contributed by atoms with E-state index in [4.69, 9.17) is 0 Å². The number of fused-ring (bicyclic) bond motifs is 1. The standard InChI is InChI=1S/C24H16F5NO3/c25-19-2-1-7-30-23(19)18(14-5-6-22(20(26)11-14)33-24(27,28)29)12-21(32)15-4-3-13-9-17(31)10-16(13)8-15/h1-8,11,18H,9-10,12H2/t18-/m0/s1. The molecule has 1 atom stereocenters. The van der Waals surface area contributed by atoms with Crippen molar-refractivity contribution in [2.75, 3.05) is 0 Å². The molecule has 1 aliphatic carbocycles. The first-order valence-electron chi connectivity index (χ1n) is 9.93. The van der Waals surface area contributed by atoms with Crippen molar-refractivity contribution in [2.24, 2.45) is 0 Å². The molecule has 0 bridgehead atoms. The van der Waals surface area contributed by atoms with Crippen LogP contribution in [0.3, 0.4) is 0 Å². The van der Waals surface area contributed by atoms with Gasteiger partial charge in [-0.3, -0.25) is 14.6 Å². The smallest absolute Gasteiger partial charge is 0.403 e. The summed E-state index contributed by atoms with van der Waals surface area (Å²) in [5.74, 6) is -4.53. The first kappa shape index (κ1) is 22.6. The first-order valence-corrected chi connectivity index (χ1v) is 9.93. The topological polar surface area (TPSA) is 56.3 Å². The summed E-state index contributed by atoms with van der Waals surface area (Å²) in [5, 5.41) is 0. The summed E-state index contributed by atoms with van der Waals surface area (Å²) in [6.07, 6.45) is -3.58. The molecule has 1 aromatic heterocycles. The van der Waals surface area contributed by atoms with Crippen molar-refractivity contribution in [2.45, 2.75) is 31.5 Å². The minimum Gasteiger partial charge on any atom is -0.403 e. The van der Waals surface area contributed by atoms with Crippen LogP contribution in [0.25, 0.3) is 0 Å². The number of carbonyl (C=O) groups excluding carboxylic acids is 2. The number of hydrogen-bond donors (Lipinski definition) is 0. The van der Waals surface area contributed by atoms with E-state index in [1.165, 1.54) is 12.3 Å². The Hall–Kier alpha value is -3.62. The summed E-state index contributed by atoms with van der Waals surface area (Å²) in [7, 11) is 0. The maximum atomic E-state index is 14.5. The molecule has 170 valence electrons. The summed E-state index contributed by atoms with van der Waals surface area (Å²) in [5.41, 5.74) is 1.79. The number of benzene rings is 2. The van der Waals surface area contributed by atoms with E-state index in [9.17, 15) is 31.5 Å². The van der Waals surface area contributed by atoms with Gasteiger partial charge in [0.15, 0.2) is 17.3 Å². The minimum atomic E-state index is -5.08. The molecule has 0 aliphatic heterocycles.